The quantitative estimate of drug-likeness (QED) is 0.776. The standard InChI is InChI=1S/C19H19F3N2O3/c1-2-23-18(26)14-5-3-4-13(10-14)11-24-17(25)12-27-16-8-6-15(7-9-16)19(20,21)22/h3-10H,2,11-12H2,1H3,(H,23,26)(H,24,25). The second-order valence-electron chi connectivity index (χ2n) is 5.65. The summed E-state index contributed by atoms with van der Waals surface area (Å²) in [7, 11) is 0. The van der Waals surface area contributed by atoms with Crippen molar-refractivity contribution < 1.29 is 27.5 Å². The molecule has 0 atom stereocenters. The third kappa shape index (κ3) is 6.32. The molecule has 0 unspecified atom stereocenters. The van der Waals surface area contributed by atoms with Gasteiger partial charge in [-0.05, 0) is 48.9 Å². The van der Waals surface area contributed by atoms with Crippen LogP contribution >= 0.6 is 0 Å². The predicted molar refractivity (Wildman–Crippen MR) is 93.2 cm³/mol. The molecule has 0 aliphatic rings. The minimum Gasteiger partial charge on any atom is -0.484 e. The first-order valence-corrected chi connectivity index (χ1v) is 8.23. The second kappa shape index (κ2) is 9.07. The molecule has 0 aromatic heterocycles. The van der Waals surface area contributed by atoms with Gasteiger partial charge in [-0.1, -0.05) is 12.1 Å². The van der Waals surface area contributed by atoms with Crippen LogP contribution in [-0.4, -0.2) is 25.0 Å². The minimum atomic E-state index is -4.42. The molecule has 8 heteroatoms. The third-order valence-corrected chi connectivity index (χ3v) is 3.57. The molecule has 5 nitrogen and oxygen atoms in total. The summed E-state index contributed by atoms with van der Waals surface area (Å²) in [5.41, 5.74) is 0.442. The van der Waals surface area contributed by atoms with E-state index in [0.29, 0.717) is 12.1 Å². The normalized spacial score (nSPS) is 11.0. The van der Waals surface area contributed by atoms with Crippen molar-refractivity contribution in [1.29, 1.82) is 0 Å². The Morgan fingerprint density at radius 2 is 1.74 bits per heavy atom. The van der Waals surface area contributed by atoms with E-state index in [1.165, 1.54) is 0 Å². The summed E-state index contributed by atoms with van der Waals surface area (Å²) in [5, 5.41) is 5.32. The van der Waals surface area contributed by atoms with Crippen LogP contribution in [0, 0.1) is 0 Å². The molecule has 0 spiro atoms. The maximum Gasteiger partial charge on any atom is 0.416 e. The molecule has 2 N–H and O–H groups in total. The van der Waals surface area contributed by atoms with E-state index in [4.69, 9.17) is 4.74 Å². The van der Waals surface area contributed by atoms with Gasteiger partial charge in [0.05, 0.1) is 5.56 Å². The molecule has 27 heavy (non-hydrogen) atoms. The van der Waals surface area contributed by atoms with Gasteiger partial charge < -0.3 is 15.4 Å². The van der Waals surface area contributed by atoms with Crippen LogP contribution in [0.2, 0.25) is 0 Å². The minimum absolute atomic E-state index is 0.163. The van der Waals surface area contributed by atoms with E-state index in [1.807, 2.05) is 6.92 Å². The van der Waals surface area contributed by atoms with Gasteiger partial charge in [-0.25, -0.2) is 0 Å². The number of halogens is 3. The highest BCUT2D eigenvalue weighted by Gasteiger charge is 2.30. The zero-order chi connectivity index (χ0) is 19.9. The first-order valence-electron chi connectivity index (χ1n) is 8.23. The Morgan fingerprint density at radius 3 is 2.37 bits per heavy atom. The van der Waals surface area contributed by atoms with Crippen molar-refractivity contribution >= 4 is 11.8 Å². The van der Waals surface area contributed by atoms with E-state index in [-0.39, 0.29) is 24.8 Å². The number of carbonyl (C=O) groups is 2. The molecule has 144 valence electrons. The Bertz CT molecular complexity index is 790. The molecular formula is C19H19F3N2O3. The summed E-state index contributed by atoms with van der Waals surface area (Å²) < 4.78 is 42.6. The van der Waals surface area contributed by atoms with E-state index in [9.17, 15) is 22.8 Å². The highest BCUT2D eigenvalue weighted by molar-refractivity contribution is 5.94. The summed E-state index contributed by atoms with van der Waals surface area (Å²) in [6.45, 7) is 2.20. The van der Waals surface area contributed by atoms with E-state index in [0.717, 1.165) is 29.8 Å². The van der Waals surface area contributed by atoms with Crippen molar-refractivity contribution in [1.82, 2.24) is 10.6 Å². The molecule has 0 saturated heterocycles. The zero-order valence-corrected chi connectivity index (χ0v) is 14.6. The molecule has 0 fully saturated rings. The number of amides is 2. The lowest BCUT2D eigenvalue weighted by atomic mass is 10.1. The Morgan fingerprint density at radius 1 is 1.04 bits per heavy atom. The molecular weight excluding hydrogens is 361 g/mol. The van der Waals surface area contributed by atoms with Gasteiger partial charge in [-0.2, -0.15) is 13.2 Å². The van der Waals surface area contributed by atoms with Crippen LogP contribution in [0.5, 0.6) is 5.75 Å². The summed E-state index contributed by atoms with van der Waals surface area (Å²) >= 11 is 0. The van der Waals surface area contributed by atoms with Gasteiger partial charge in [0, 0.05) is 18.7 Å². The van der Waals surface area contributed by atoms with Gasteiger partial charge in [-0.15, -0.1) is 0 Å². The Labute approximate surface area is 154 Å². The number of alkyl halides is 3. The summed E-state index contributed by atoms with van der Waals surface area (Å²) in [5.74, 6) is -0.467. The maximum atomic E-state index is 12.5. The van der Waals surface area contributed by atoms with Crippen LogP contribution in [0.25, 0.3) is 0 Å². The first-order chi connectivity index (χ1) is 12.8. The molecule has 0 aliphatic carbocycles. The van der Waals surface area contributed by atoms with Crippen LogP contribution in [-0.2, 0) is 17.5 Å². The zero-order valence-electron chi connectivity index (χ0n) is 14.6. The maximum absolute atomic E-state index is 12.5. The number of benzene rings is 2. The fraction of sp³-hybridized carbons (Fsp3) is 0.263. The molecule has 0 bridgehead atoms. The van der Waals surface area contributed by atoms with Crippen LogP contribution in [0.3, 0.4) is 0 Å². The van der Waals surface area contributed by atoms with Gasteiger partial charge in [0.2, 0.25) is 0 Å². The Kier molecular flexibility index (Phi) is 6.81. The summed E-state index contributed by atoms with van der Waals surface area (Å²) in [6.07, 6.45) is -4.42. The van der Waals surface area contributed by atoms with Crippen molar-refractivity contribution in [2.24, 2.45) is 0 Å². The Hall–Kier alpha value is -3.03. The number of hydrogen-bond donors (Lipinski definition) is 2. The lowest BCUT2D eigenvalue weighted by Gasteiger charge is -2.10. The summed E-state index contributed by atoms with van der Waals surface area (Å²) in [4.78, 5) is 23.6. The van der Waals surface area contributed by atoms with Gasteiger partial charge in [0.1, 0.15) is 5.75 Å². The number of rotatable bonds is 7. The van der Waals surface area contributed by atoms with Crippen molar-refractivity contribution in [3.63, 3.8) is 0 Å². The first kappa shape index (κ1) is 20.3. The average molecular weight is 380 g/mol. The molecule has 0 heterocycles. The number of carbonyl (C=O) groups excluding carboxylic acids is 2. The van der Waals surface area contributed by atoms with Crippen molar-refractivity contribution in [3.05, 3.63) is 65.2 Å². The van der Waals surface area contributed by atoms with E-state index in [2.05, 4.69) is 10.6 Å². The van der Waals surface area contributed by atoms with Gasteiger partial charge in [-0.3, -0.25) is 9.59 Å². The summed E-state index contributed by atoms with van der Waals surface area (Å²) in [6, 6.07) is 10.9. The Balaban J connectivity index is 1.83. The van der Waals surface area contributed by atoms with Crippen molar-refractivity contribution in [2.45, 2.75) is 19.6 Å². The number of ether oxygens (including phenoxy) is 1. The monoisotopic (exact) mass is 380 g/mol. The molecule has 0 radical (unpaired) electrons. The third-order valence-electron chi connectivity index (χ3n) is 3.57. The van der Waals surface area contributed by atoms with Crippen molar-refractivity contribution in [2.75, 3.05) is 13.2 Å². The highest BCUT2D eigenvalue weighted by Crippen LogP contribution is 2.30. The molecule has 2 amide bonds. The lowest BCUT2D eigenvalue weighted by molar-refractivity contribution is -0.137. The van der Waals surface area contributed by atoms with Gasteiger partial charge in [0.15, 0.2) is 6.61 Å². The average Bonchev–Trinajstić information content (AvgIpc) is 2.65. The van der Waals surface area contributed by atoms with E-state index in [1.54, 1.807) is 24.3 Å². The molecule has 2 rings (SSSR count). The number of hydrogen-bond acceptors (Lipinski definition) is 3. The number of nitrogens with one attached hydrogen (secondary N) is 2. The van der Waals surface area contributed by atoms with Gasteiger partial charge >= 0.3 is 6.18 Å². The fourth-order valence-corrected chi connectivity index (χ4v) is 2.23. The smallest absolute Gasteiger partial charge is 0.416 e. The SMILES string of the molecule is CCNC(=O)c1cccc(CNC(=O)COc2ccc(C(F)(F)F)cc2)c1. The molecule has 2 aromatic carbocycles. The van der Waals surface area contributed by atoms with Crippen LogP contribution in [0.15, 0.2) is 48.5 Å². The van der Waals surface area contributed by atoms with Crippen LogP contribution in [0.4, 0.5) is 13.2 Å². The molecule has 2 aromatic rings. The topological polar surface area (TPSA) is 67.4 Å². The fourth-order valence-electron chi connectivity index (χ4n) is 2.23. The highest BCUT2D eigenvalue weighted by atomic mass is 19.4. The second-order valence-corrected chi connectivity index (χ2v) is 5.65. The molecule has 0 aliphatic heterocycles. The largest absolute Gasteiger partial charge is 0.484 e. The van der Waals surface area contributed by atoms with E-state index >= 15 is 0 Å². The van der Waals surface area contributed by atoms with Crippen LogP contribution in [0.1, 0.15) is 28.4 Å². The molecule has 0 saturated carbocycles. The van der Waals surface area contributed by atoms with E-state index < -0.39 is 17.6 Å². The van der Waals surface area contributed by atoms with Crippen molar-refractivity contribution in [3.8, 4) is 5.75 Å². The predicted octanol–water partition coefficient (Wildman–Crippen LogP) is 3.15. The van der Waals surface area contributed by atoms with Crippen LogP contribution < -0.4 is 15.4 Å². The lowest BCUT2D eigenvalue weighted by Crippen LogP contribution is -2.28. The van der Waals surface area contributed by atoms with Gasteiger partial charge in [0.25, 0.3) is 11.8 Å².